The molecule has 0 aliphatic rings. The third-order valence-electron chi connectivity index (χ3n) is 2.65. The van der Waals surface area contributed by atoms with Crippen LogP contribution in [0.15, 0.2) is 41.6 Å². The molecule has 1 aromatic carbocycles. The lowest BCUT2D eigenvalue weighted by Crippen LogP contribution is -2.18. The molecule has 0 spiro atoms. The number of hydrogen-bond acceptors (Lipinski definition) is 5. The van der Waals surface area contributed by atoms with Crippen molar-refractivity contribution < 1.29 is 14.3 Å². The first-order valence-electron chi connectivity index (χ1n) is 6.44. The second-order valence-corrected chi connectivity index (χ2v) is 5.46. The van der Waals surface area contributed by atoms with E-state index in [2.05, 4.69) is 10.4 Å². The fourth-order valence-electron chi connectivity index (χ4n) is 1.71. The Morgan fingerprint density at radius 3 is 3.00 bits per heavy atom. The van der Waals surface area contributed by atoms with Gasteiger partial charge in [-0.05, 0) is 18.2 Å². The molecule has 0 radical (unpaired) electrons. The smallest absolute Gasteiger partial charge is 0.239 e. The van der Waals surface area contributed by atoms with Crippen molar-refractivity contribution in [3.63, 3.8) is 0 Å². The summed E-state index contributed by atoms with van der Waals surface area (Å²) < 4.78 is 6.50. The molecule has 0 aliphatic carbocycles. The summed E-state index contributed by atoms with van der Waals surface area (Å²) in [5.41, 5.74) is 5.60. The van der Waals surface area contributed by atoms with Crippen molar-refractivity contribution in [3.05, 3.63) is 36.7 Å². The van der Waals surface area contributed by atoms with Gasteiger partial charge in [0.2, 0.25) is 11.8 Å². The number of aromatic nitrogens is 2. The maximum absolute atomic E-state index is 11.9. The van der Waals surface area contributed by atoms with Gasteiger partial charge < -0.3 is 15.8 Å². The SMILES string of the molecule is COc1cccc(SCC(=O)Nc2cnn(CC(N)=O)c2)c1. The highest BCUT2D eigenvalue weighted by molar-refractivity contribution is 8.00. The number of nitrogens with two attached hydrogens (primary N) is 1. The van der Waals surface area contributed by atoms with Gasteiger partial charge in [0.1, 0.15) is 12.3 Å². The molecule has 2 rings (SSSR count). The summed E-state index contributed by atoms with van der Waals surface area (Å²) in [5, 5.41) is 6.64. The van der Waals surface area contributed by atoms with Crippen molar-refractivity contribution in [1.82, 2.24) is 9.78 Å². The molecule has 8 heteroatoms. The number of thioether (sulfide) groups is 1. The maximum Gasteiger partial charge on any atom is 0.239 e. The first-order valence-corrected chi connectivity index (χ1v) is 7.43. The second-order valence-electron chi connectivity index (χ2n) is 4.41. The monoisotopic (exact) mass is 320 g/mol. The molecular formula is C14H16N4O3S. The Balaban J connectivity index is 1.84. The molecule has 0 saturated heterocycles. The summed E-state index contributed by atoms with van der Waals surface area (Å²) in [6, 6.07) is 7.48. The number of nitrogens with one attached hydrogen (secondary N) is 1. The summed E-state index contributed by atoms with van der Waals surface area (Å²) in [7, 11) is 1.60. The van der Waals surface area contributed by atoms with E-state index in [1.54, 1.807) is 13.3 Å². The molecule has 0 saturated carbocycles. The molecule has 1 heterocycles. The Morgan fingerprint density at radius 1 is 1.45 bits per heavy atom. The third kappa shape index (κ3) is 4.81. The van der Waals surface area contributed by atoms with Crippen LogP contribution in [0.2, 0.25) is 0 Å². The maximum atomic E-state index is 11.9. The molecule has 0 fully saturated rings. The average Bonchev–Trinajstić information content (AvgIpc) is 2.91. The zero-order chi connectivity index (χ0) is 15.9. The number of rotatable bonds is 7. The highest BCUT2D eigenvalue weighted by Crippen LogP contribution is 2.22. The van der Waals surface area contributed by atoms with E-state index in [-0.39, 0.29) is 18.2 Å². The van der Waals surface area contributed by atoms with Gasteiger partial charge in [0.05, 0.1) is 24.7 Å². The van der Waals surface area contributed by atoms with E-state index in [9.17, 15) is 9.59 Å². The van der Waals surface area contributed by atoms with Gasteiger partial charge in [0, 0.05) is 11.1 Å². The second kappa shape index (κ2) is 7.51. The van der Waals surface area contributed by atoms with E-state index in [0.717, 1.165) is 10.6 Å². The van der Waals surface area contributed by atoms with Crippen molar-refractivity contribution in [3.8, 4) is 5.75 Å². The number of anilines is 1. The normalized spacial score (nSPS) is 10.2. The highest BCUT2D eigenvalue weighted by atomic mass is 32.2. The number of benzene rings is 1. The van der Waals surface area contributed by atoms with Gasteiger partial charge >= 0.3 is 0 Å². The molecule has 3 N–H and O–H groups in total. The summed E-state index contributed by atoms with van der Waals surface area (Å²) in [6.07, 6.45) is 3.02. The zero-order valence-corrected chi connectivity index (χ0v) is 12.8. The van der Waals surface area contributed by atoms with E-state index in [4.69, 9.17) is 10.5 Å². The van der Waals surface area contributed by atoms with Crippen LogP contribution in [0.5, 0.6) is 5.75 Å². The fraction of sp³-hybridized carbons (Fsp3) is 0.214. The molecule has 0 bridgehead atoms. The summed E-state index contributed by atoms with van der Waals surface area (Å²) in [6.45, 7) is -0.0194. The number of ether oxygens (including phenoxy) is 1. The zero-order valence-electron chi connectivity index (χ0n) is 12.0. The van der Waals surface area contributed by atoms with Gasteiger partial charge in [-0.2, -0.15) is 5.10 Å². The van der Waals surface area contributed by atoms with Crippen molar-refractivity contribution in [2.45, 2.75) is 11.4 Å². The highest BCUT2D eigenvalue weighted by Gasteiger charge is 2.07. The lowest BCUT2D eigenvalue weighted by molar-refractivity contribution is -0.118. The van der Waals surface area contributed by atoms with Gasteiger partial charge in [0.25, 0.3) is 0 Å². The van der Waals surface area contributed by atoms with Crippen molar-refractivity contribution in [1.29, 1.82) is 0 Å². The first kappa shape index (κ1) is 15.9. The molecule has 7 nitrogen and oxygen atoms in total. The topological polar surface area (TPSA) is 99.2 Å². The molecule has 0 unspecified atom stereocenters. The predicted octanol–water partition coefficient (Wildman–Crippen LogP) is 1.11. The lowest BCUT2D eigenvalue weighted by atomic mass is 10.3. The van der Waals surface area contributed by atoms with Crippen LogP contribution in [0.25, 0.3) is 0 Å². The minimum atomic E-state index is -0.491. The minimum Gasteiger partial charge on any atom is -0.497 e. The van der Waals surface area contributed by atoms with Gasteiger partial charge in [-0.3, -0.25) is 14.3 Å². The Bertz CT molecular complexity index is 672. The molecule has 2 aromatic rings. The Morgan fingerprint density at radius 2 is 2.27 bits per heavy atom. The first-order chi connectivity index (χ1) is 10.6. The number of nitrogens with zero attached hydrogens (tertiary/aromatic N) is 2. The van der Waals surface area contributed by atoms with Crippen molar-refractivity contribution >= 4 is 29.3 Å². The number of carbonyl (C=O) groups excluding carboxylic acids is 2. The van der Waals surface area contributed by atoms with E-state index in [1.165, 1.54) is 22.6 Å². The standard InChI is InChI=1S/C14H16N4O3S/c1-21-11-3-2-4-12(5-11)22-9-14(20)17-10-6-16-18(7-10)8-13(15)19/h2-7H,8-9H2,1H3,(H2,15,19)(H,17,20). The largest absolute Gasteiger partial charge is 0.497 e. The van der Waals surface area contributed by atoms with Gasteiger partial charge in [-0.1, -0.05) is 6.07 Å². The van der Waals surface area contributed by atoms with Crippen LogP contribution in [-0.4, -0.2) is 34.5 Å². The summed E-state index contributed by atoms with van der Waals surface area (Å²) in [4.78, 5) is 23.6. The minimum absolute atomic E-state index is 0.0194. The molecule has 116 valence electrons. The summed E-state index contributed by atoms with van der Waals surface area (Å²) >= 11 is 1.40. The van der Waals surface area contributed by atoms with Crippen LogP contribution in [0.4, 0.5) is 5.69 Å². The molecule has 2 amide bonds. The van der Waals surface area contributed by atoms with Crippen LogP contribution in [0.3, 0.4) is 0 Å². The fourth-order valence-corrected chi connectivity index (χ4v) is 2.46. The number of methoxy groups -OCH3 is 1. The Hall–Kier alpha value is -2.48. The quantitative estimate of drug-likeness (QED) is 0.745. The number of carbonyl (C=O) groups is 2. The van der Waals surface area contributed by atoms with E-state index >= 15 is 0 Å². The third-order valence-corrected chi connectivity index (χ3v) is 3.64. The van der Waals surface area contributed by atoms with Crippen LogP contribution in [-0.2, 0) is 16.1 Å². The number of hydrogen-bond donors (Lipinski definition) is 2. The van der Waals surface area contributed by atoms with Crippen LogP contribution >= 0.6 is 11.8 Å². The van der Waals surface area contributed by atoms with E-state index < -0.39 is 5.91 Å². The number of primary amides is 1. The van der Waals surface area contributed by atoms with Crippen LogP contribution in [0.1, 0.15) is 0 Å². The average molecular weight is 320 g/mol. The van der Waals surface area contributed by atoms with Gasteiger partial charge in [-0.25, -0.2) is 0 Å². The van der Waals surface area contributed by atoms with Crippen molar-refractivity contribution in [2.24, 2.45) is 5.73 Å². The van der Waals surface area contributed by atoms with Crippen molar-refractivity contribution in [2.75, 3.05) is 18.2 Å². The van der Waals surface area contributed by atoms with Crippen LogP contribution in [0, 0.1) is 0 Å². The number of amides is 2. The van der Waals surface area contributed by atoms with E-state index in [1.807, 2.05) is 24.3 Å². The molecule has 0 aliphatic heterocycles. The summed E-state index contributed by atoms with van der Waals surface area (Å²) in [5.74, 6) is 0.355. The molecule has 22 heavy (non-hydrogen) atoms. The molecular weight excluding hydrogens is 304 g/mol. The molecule has 0 atom stereocenters. The van der Waals surface area contributed by atoms with Gasteiger partial charge in [0.15, 0.2) is 0 Å². The predicted molar refractivity (Wildman–Crippen MR) is 83.8 cm³/mol. The Labute approximate surface area is 131 Å². The van der Waals surface area contributed by atoms with E-state index in [0.29, 0.717) is 5.69 Å². The Kier molecular flexibility index (Phi) is 5.42. The van der Waals surface area contributed by atoms with Crippen LogP contribution < -0.4 is 15.8 Å². The molecule has 1 aromatic heterocycles. The van der Waals surface area contributed by atoms with Gasteiger partial charge in [-0.15, -0.1) is 11.8 Å². The lowest BCUT2D eigenvalue weighted by Gasteiger charge is -2.04.